The number of anilines is 1. The van der Waals surface area contributed by atoms with Crippen LogP contribution in [0.25, 0.3) is 0 Å². The number of rotatable bonds is 5. The molecule has 3 N–H and O–H groups in total. The fourth-order valence-corrected chi connectivity index (χ4v) is 4.16. The number of sulfonamides is 1. The van der Waals surface area contributed by atoms with Gasteiger partial charge < -0.3 is 5.73 Å². The number of nitrogens with two attached hydrogens (primary N) is 1. The van der Waals surface area contributed by atoms with Crippen LogP contribution in [-0.2, 0) is 23.0 Å². The SMILES string of the molecule is CCc1ccccc1CNS(=O)(=O)c1ccc(N)cc1Br. The molecule has 0 aliphatic carbocycles. The van der Waals surface area contributed by atoms with E-state index in [0.717, 1.165) is 17.5 Å². The van der Waals surface area contributed by atoms with E-state index in [0.29, 0.717) is 10.2 Å². The van der Waals surface area contributed by atoms with Gasteiger partial charge >= 0.3 is 0 Å². The normalized spacial score (nSPS) is 11.5. The third-order valence-corrected chi connectivity index (χ3v) is 5.58. The second-order valence-corrected chi connectivity index (χ2v) is 7.23. The van der Waals surface area contributed by atoms with Crippen LogP contribution in [0, 0.1) is 0 Å². The first-order chi connectivity index (χ1) is 9.94. The molecule has 0 amide bonds. The van der Waals surface area contributed by atoms with Crippen molar-refractivity contribution in [2.24, 2.45) is 0 Å². The van der Waals surface area contributed by atoms with Gasteiger partial charge in [-0.15, -0.1) is 0 Å². The van der Waals surface area contributed by atoms with E-state index < -0.39 is 10.0 Å². The van der Waals surface area contributed by atoms with Crippen LogP contribution >= 0.6 is 15.9 Å². The zero-order valence-electron chi connectivity index (χ0n) is 11.6. The summed E-state index contributed by atoms with van der Waals surface area (Å²) in [5.74, 6) is 0. The van der Waals surface area contributed by atoms with Crippen molar-refractivity contribution in [3.05, 3.63) is 58.1 Å². The van der Waals surface area contributed by atoms with Crippen molar-refractivity contribution in [2.75, 3.05) is 5.73 Å². The van der Waals surface area contributed by atoms with E-state index in [1.807, 2.05) is 31.2 Å². The standard InChI is InChI=1S/C15H17BrN2O2S/c1-2-11-5-3-4-6-12(11)10-18-21(19,20)15-8-7-13(17)9-14(15)16/h3-9,18H,2,10,17H2,1H3. The maximum absolute atomic E-state index is 12.4. The smallest absolute Gasteiger partial charge is 0.241 e. The molecule has 112 valence electrons. The van der Waals surface area contributed by atoms with Crippen LogP contribution in [0.15, 0.2) is 51.8 Å². The summed E-state index contributed by atoms with van der Waals surface area (Å²) in [6, 6.07) is 12.4. The Morgan fingerprint density at radius 3 is 2.43 bits per heavy atom. The first-order valence-corrected chi connectivity index (χ1v) is 8.83. The quantitative estimate of drug-likeness (QED) is 0.796. The van der Waals surface area contributed by atoms with Crippen LogP contribution in [0.4, 0.5) is 5.69 Å². The van der Waals surface area contributed by atoms with Gasteiger partial charge in [0.05, 0.1) is 4.90 Å². The molecule has 0 heterocycles. The number of halogens is 1. The van der Waals surface area contributed by atoms with Gasteiger partial charge in [-0.1, -0.05) is 31.2 Å². The van der Waals surface area contributed by atoms with Gasteiger partial charge in [0.1, 0.15) is 0 Å². The summed E-state index contributed by atoms with van der Waals surface area (Å²) in [4.78, 5) is 0.186. The number of hydrogen-bond donors (Lipinski definition) is 2. The van der Waals surface area contributed by atoms with Crippen LogP contribution in [0.2, 0.25) is 0 Å². The van der Waals surface area contributed by atoms with Crippen molar-refractivity contribution < 1.29 is 8.42 Å². The summed E-state index contributed by atoms with van der Waals surface area (Å²) in [5, 5.41) is 0. The van der Waals surface area contributed by atoms with E-state index >= 15 is 0 Å². The molecule has 2 rings (SSSR count). The zero-order chi connectivity index (χ0) is 15.5. The molecule has 0 atom stereocenters. The fraction of sp³-hybridized carbons (Fsp3) is 0.200. The Labute approximate surface area is 133 Å². The van der Waals surface area contributed by atoms with Crippen LogP contribution in [-0.4, -0.2) is 8.42 Å². The Bertz CT molecular complexity index is 745. The first-order valence-electron chi connectivity index (χ1n) is 6.55. The number of benzene rings is 2. The van der Waals surface area contributed by atoms with Crippen molar-refractivity contribution in [3.8, 4) is 0 Å². The predicted octanol–water partition coefficient (Wildman–Crippen LogP) is 3.07. The monoisotopic (exact) mass is 368 g/mol. The molecule has 0 saturated heterocycles. The molecule has 0 fully saturated rings. The topological polar surface area (TPSA) is 72.2 Å². The lowest BCUT2D eigenvalue weighted by molar-refractivity contribution is 0.580. The Hall–Kier alpha value is -1.37. The van der Waals surface area contributed by atoms with Crippen LogP contribution in [0.5, 0.6) is 0 Å². The lowest BCUT2D eigenvalue weighted by Gasteiger charge is -2.11. The number of aryl methyl sites for hydroxylation is 1. The third kappa shape index (κ3) is 3.84. The predicted molar refractivity (Wildman–Crippen MR) is 88.4 cm³/mol. The van der Waals surface area contributed by atoms with Gasteiger partial charge in [-0.3, -0.25) is 0 Å². The van der Waals surface area contributed by atoms with Gasteiger partial charge in [-0.2, -0.15) is 0 Å². The minimum Gasteiger partial charge on any atom is -0.399 e. The molecule has 0 aliphatic rings. The highest BCUT2D eigenvalue weighted by Crippen LogP contribution is 2.24. The molecule has 0 bridgehead atoms. The minimum atomic E-state index is -3.58. The van der Waals surface area contributed by atoms with Crippen LogP contribution in [0.1, 0.15) is 18.1 Å². The molecule has 0 saturated carbocycles. The molecule has 0 aliphatic heterocycles. The molecule has 0 aromatic heterocycles. The molecule has 2 aromatic rings. The molecular weight excluding hydrogens is 352 g/mol. The summed E-state index contributed by atoms with van der Waals surface area (Å²) in [5.41, 5.74) is 8.26. The fourth-order valence-electron chi connectivity index (χ4n) is 2.06. The van der Waals surface area contributed by atoms with E-state index in [1.54, 1.807) is 12.1 Å². The summed E-state index contributed by atoms with van der Waals surface area (Å²) in [7, 11) is -3.58. The molecule has 2 aromatic carbocycles. The van der Waals surface area contributed by atoms with Crippen LogP contribution < -0.4 is 10.5 Å². The second-order valence-electron chi connectivity index (χ2n) is 4.64. The molecular formula is C15H17BrN2O2S. The highest BCUT2D eigenvalue weighted by molar-refractivity contribution is 9.10. The summed E-state index contributed by atoms with van der Waals surface area (Å²) < 4.78 is 27.8. The van der Waals surface area contributed by atoms with Gasteiger partial charge in [0.25, 0.3) is 0 Å². The largest absolute Gasteiger partial charge is 0.399 e. The molecule has 0 spiro atoms. The van der Waals surface area contributed by atoms with Gasteiger partial charge in [0.2, 0.25) is 10.0 Å². The summed E-state index contributed by atoms with van der Waals surface area (Å²) in [6.07, 6.45) is 0.865. The van der Waals surface area contributed by atoms with Crippen LogP contribution in [0.3, 0.4) is 0 Å². The Morgan fingerprint density at radius 2 is 1.81 bits per heavy atom. The van der Waals surface area contributed by atoms with Gasteiger partial charge in [0.15, 0.2) is 0 Å². The highest BCUT2D eigenvalue weighted by Gasteiger charge is 2.17. The summed E-state index contributed by atoms with van der Waals surface area (Å²) >= 11 is 3.24. The average molecular weight is 369 g/mol. The van der Waals surface area contributed by atoms with E-state index in [2.05, 4.69) is 20.7 Å². The molecule has 21 heavy (non-hydrogen) atoms. The number of nitrogen functional groups attached to an aromatic ring is 1. The molecule has 0 unspecified atom stereocenters. The average Bonchev–Trinajstić information content (AvgIpc) is 2.45. The van der Waals surface area contributed by atoms with Crippen molar-refractivity contribution in [2.45, 2.75) is 24.8 Å². The van der Waals surface area contributed by atoms with Crippen molar-refractivity contribution in [1.82, 2.24) is 4.72 Å². The Morgan fingerprint density at radius 1 is 1.14 bits per heavy atom. The maximum Gasteiger partial charge on any atom is 0.241 e. The first kappa shape index (κ1) is 16.0. The maximum atomic E-state index is 12.4. The van der Waals surface area contributed by atoms with Gasteiger partial charge in [-0.05, 0) is 51.7 Å². The zero-order valence-corrected chi connectivity index (χ0v) is 14.0. The molecule has 0 radical (unpaired) electrons. The minimum absolute atomic E-state index is 0.186. The van der Waals surface area contributed by atoms with E-state index in [4.69, 9.17) is 5.73 Å². The third-order valence-electron chi connectivity index (χ3n) is 3.20. The van der Waals surface area contributed by atoms with Gasteiger partial charge in [0, 0.05) is 16.7 Å². The lowest BCUT2D eigenvalue weighted by Crippen LogP contribution is -2.24. The van der Waals surface area contributed by atoms with E-state index in [9.17, 15) is 8.42 Å². The van der Waals surface area contributed by atoms with E-state index in [1.165, 1.54) is 6.07 Å². The number of nitrogens with one attached hydrogen (secondary N) is 1. The second kappa shape index (κ2) is 6.60. The molecule has 6 heteroatoms. The van der Waals surface area contributed by atoms with E-state index in [-0.39, 0.29) is 11.4 Å². The number of hydrogen-bond acceptors (Lipinski definition) is 3. The highest BCUT2D eigenvalue weighted by atomic mass is 79.9. The van der Waals surface area contributed by atoms with Crippen molar-refractivity contribution in [3.63, 3.8) is 0 Å². The Balaban J connectivity index is 2.22. The summed E-state index contributed by atoms with van der Waals surface area (Å²) in [6.45, 7) is 2.31. The van der Waals surface area contributed by atoms with Crippen molar-refractivity contribution >= 4 is 31.6 Å². The van der Waals surface area contributed by atoms with Crippen molar-refractivity contribution in [1.29, 1.82) is 0 Å². The lowest BCUT2D eigenvalue weighted by atomic mass is 10.1. The van der Waals surface area contributed by atoms with Gasteiger partial charge in [-0.25, -0.2) is 13.1 Å². The molecule has 4 nitrogen and oxygen atoms in total. The Kier molecular flexibility index (Phi) is 5.03.